The van der Waals surface area contributed by atoms with Gasteiger partial charge in [-0.15, -0.1) is 0 Å². The molecule has 0 aromatic heterocycles. The van der Waals surface area contributed by atoms with Crippen LogP contribution in [0.25, 0.3) is 0 Å². The van der Waals surface area contributed by atoms with Gasteiger partial charge in [0.25, 0.3) is 0 Å². The number of hydrogen-bond acceptors (Lipinski definition) is 3. The predicted molar refractivity (Wildman–Crippen MR) is 103 cm³/mol. The molecule has 0 radical (unpaired) electrons. The number of carbonyl (C=O) groups is 2. The van der Waals surface area contributed by atoms with Crippen molar-refractivity contribution in [2.45, 2.75) is 13.0 Å². The van der Waals surface area contributed by atoms with Crippen LogP contribution in [0, 0.1) is 5.92 Å². The van der Waals surface area contributed by atoms with Gasteiger partial charge in [0.15, 0.2) is 0 Å². The van der Waals surface area contributed by atoms with Gasteiger partial charge in [-0.1, -0.05) is 48.5 Å². The summed E-state index contributed by atoms with van der Waals surface area (Å²) in [6, 6.07) is 19.2. The lowest BCUT2D eigenvalue weighted by Gasteiger charge is -2.17. The number of amides is 3. The number of rotatable bonds is 8. The van der Waals surface area contributed by atoms with Crippen LogP contribution >= 0.6 is 0 Å². The van der Waals surface area contributed by atoms with E-state index in [1.54, 1.807) is 0 Å². The topological polar surface area (TPSA) is 70.7 Å². The fourth-order valence-electron chi connectivity index (χ4n) is 3.10. The highest BCUT2D eigenvalue weighted by atomic mass is 16.5. The van der Waals surface area contributed by atoms with Gasteiger partial charge in [0.2, 0.25) is 5.91 Å². The molecule has 1 aliphatic heterocycles. The third kappa shape index (κ3) is 6.02. The molecule has 1 fully saturated rings. The molecule has 142 valence electrons. The van der Waals surface area contributed by atoms with Crippen LogP contribution in [0.1, 0.15) is 12.0 Å². The van der Waals surface area contributed by atoms with Crippen molar-refractivity contribution in [3.05, 3.63) is 66.2 Å². The van der Waals surface area contributed by atoms with Crippen molar-refractivity contribution >= 4 is 11.9 Å². The quantitative estimate of drug-likeness (QED) is 0.704. The van der Waals surface area contributed by atoms with E-state index in [2.05, 4.69) is 10.6 Å². The average molecular weight is 367 g/mol. The monoisotopic (exact) mass is 367 g/mol. The van der Waals surface area contributed by atoms with Crippen LogP contribution in [0.2, 0.25) is 0 Å². The number of likely N-dealkylation sites (tertiary alicyclic amines) is 1. The minimum Gasteiger partial charge on any atom is -0.492 e. The Morgan fingerprint density at radius 3 is 2.48 bits per heavy atom. The number of hydrogen-bond donors (Lipinski definition) is 2. The molecular formula is C21H25N3O3. The van der Waals surface area contributed by atoms with Gasteiger partial charge in [-0.25, -0.2) is 4.79 Å². The number of nitrogens with zero attached hydrogens (tertiary/aromatic N) is 1. The summed E-state index contributed by atoms with van der Waals surface area (Å²) in [5.74, 6) is 1.07. The van der Waals surface area contributed by atoms with Crippen molar-refractivity contribution in [2.24, 2.45) is 5.92 Å². The Kier molecular flexibility index (Phi) is 6.68. The molecule has 2 N–H and O–H groups in total. The second-order valence-corrected chi connectivity index (χ2v) is 6.63. The largest absolute Gasteiger partial charge is 0.492 e. The summed E-state index contributed by atoms with van der Waals surface area (Å²) in [5, 5.41) is 5.61. The Labute approximate surface area is 159 Å². The number of urea groups is 1. The fourth-order valence-corrected chi connectivity index (χ4v) is 3.10. The van der Waals surface area contributed by atoms with Crippen molar-refractivity contribution in [2.75, 3.05) is 26.2 Å². The lowest BCUT2D eigenvalue weighted by Crippen LogP contribution is -2.40. The first-order chi connectivity index (χ1) is 13.2. The lowest BCUT2D eigenvalue weighted by molar-refractivity contribution is -0.128. The molecule has 2 aromatic rings. The molecule has 0 spiro atoms. The van der Waals surface area contributed by atoms with Crippen molar-refractivity contribution < 1.29 is 14.3 Å². The van der Waals surface area contributed by atoms with Crippen LogP contribution in [-0.4, -0.2) is 43.1 Å². The standard InChI is InChI=1S/C21H25N3O3/c25-20-13-18(16-24(20)15-17-7-3-1-4-8-17)14-23-21(26)22-11-12-27-19-9-5-2-6-10-19/h1-10,18H,11-16H2,(H2,22,23,26). The first-order valence-electron chi connectivity index (χ1n) is 9.22. The summed E-state index contributed by atoms with van der Waals surface area (Å²) in [5.41, 5.74) is 1.12. The molecule has 1 unspecified atom stereocenters. The van der Waals surface area contributed by atoms with E-state index < -0.39 is 0 Å². The zero-order valence-corrected chi connectivity index (χ0v) is 15.3. The zero-order valence-electron chi connectivity index (χ0n) is 15.3. The Bertz CT molecular complexity index is 737. The van der Waals surface area contributed by atoms with Crippen LogP contribution in [0.3, 0.4) is 0 Å². The second kappa shape index (κ2) is 9.62. The highest BCUT2D eigenvalue weighted by Crippen LogP contribution is 2.19. The first-order valence-corrected chi connectivity index (χ1v) is 9.22. The summed E-state index contributed by atoms with van der Waals surface area (Å²) >= 11 is 0. The Balaban J connectivity index is 1.31. The SMILES string of the molecule is O=C(NCCOc1ccccc1)NCC1CC(=O)N(Cc2ccccc2)C1. The Morgan fingerprint density at radius 1 is 1.04 bits per heavy atom. The summed E-state index contributed by atoms with van der Waals surface area (Å²) in [6.07, 6.45) is 0.476. The molecular weight excluding hydrogens is 342 g/mol. The Hall–Kier alpha value is -3.02. The van der Waals surface area contributed by atoms with E-state index >= 15 is 0 Å². The van der Waals surface area contributed by atoms with Crippen LogP contribution in [0.5, 0.6) is 5.75 Å². The minimum atomic E-state index is -0.236. The van der Waals surface area contributed by atoms with E-state index in [4.69, 9.17) is 4.74 Å². The van der Waals surface area contributed by atoms with Crippen LogP contribution in [0.4, 0.5) is 4.79 Å². The number of nitrogens with one attached hydrogen (secondary N) is 2. The third-order valence-corrected chi connectivity index (χ3v) is 4.46. The normalized spacial score (nSPS) is 16.2. The molecule has 0 saturated carbocycles. The van der Waals surface area contributed by atoms with E-state index in [0.717, 1.165) is 11.3 Å². The molecule has 6 heteroatoms. The highest BCUT2D eigenvalue weighted by Gasteiger charge is 2.29. The molecule has 1 aliphatic rings. The molecule has 1 saturated heterocycles. The van der Waals surface area contributed by atoms with Gasteiger partial charge in [-0.2, -0.15) is 0 Å². The van der Waals surface area contributed by atoms with Gasteiger partial charge in [-0.05, 0) is 17.7 Å². The van der Waals surface area contributed by atoms with Gasteiger partial charge in [0, 0.05) is 32.0 Å². The molecule has 0 bridgehead atoms. The van der Waals surface area contributed by atoms with Gasteiger partial charge < -0.3 is 20.3 Å². The number of benzene rings is 2. The summed E-state index contributed by atoms with van der Waals surface area (Å²) in [6.45, 7) is 2.61. The van der Waals surface area contributed by atoms with Crippen LogP contribution in [-0.2, 0) is 11.3 Å². The van der Waals surface area contributed by atoms with E-state index in [9.17, 15) is 9.59 Å². The van der Waals surface area contributed by atoms with Crippen LogP contribution in [0.15, 0.2) is 60.7 Å². The molecule has 1 heterocycles. The van der Waals surface area contributed by atoms with Gasteiger partial charge in [0.05, 0.1) is 6.54 Å². The maximum atomic E-state index is 12.2. The third-order valence-electron chi connectivity index (χ3n) is 4.46. The molecule has 6 nitrogen and oxygen atoms in total. The van der Waals surface area contributed by atoms with Crippen molar-refractivity contribution in [3.8, 4) is 5.75 Å². The van der Waals surface area contributed by atoms with Crippen LogP contribution < -0.4 is 15.4 Å². The lowest BCUT2D eigenvalue weighted by atomic mass is 10.1. The number of carbonyl (C=O) groups excluding carboxylic acids is 2. The summed E-state index contributed by atoms with van der Waals surface area (Å²) < 4.78 is 5.53. The van der Waals surface area contributed by atoms with Gasteiger partial charge >= 0.3 is 6.03 Å². The van der Waals surface area contributed by atoms with E-state index in [1.165, 1.54) is 0 Å². The molecule has 3 amide bonds. The summed E-state index contributed by atoms with van der Waals surface area (Å²) in [7, 11) is 0. The molecule has 1 atom stereocenters. The zero-order chi connectivity index (χ0) is 18.9. The Morgan fingerprint density at radius 2 is 1.74 bits per heavy atom. The maximum absolute atomic E-state index is 12.2. The molecule has 3 rings (SSSR count). The van der Waals surface area contributed by atoms with Crippen molar-refractivity contribution in [1.29, 1.82) is 0 Å². The second-order valence-electron chi connectivity index (χ2n) is 6.63. The summed E-state index contributed by atoms with van der Waals surface area (Å²) in [4.78, 5) is 25.9. The molecule has 27 heavy (non-hydrogen) atoms. The van der Waals surface area contributed by atoms with Crippen molar-refractivity contribution in [1.82, 2.24) is 15.5 Å². The van der Waals surface area contributed by atoms with Crippen molar-refractivity contribution in [3.63, 3.8) is 0 Å². The maximum Gasteiger partial charge on any atom is 0.314 e. The molecule has 0 aliphatic carbocycles. The highest BCUT2D eigenvalue weighted by molar-refractivity contribution is 5.79. The smallest absolute Gasteiger partial charge is 0.314 e. The average Bonchev–Trinajstić information content (AvgIpc) is 3.05. The minimum absolute atomic E-state index is 0.141. The van der Waals surface area contributed by atoms with E-state index in [0.29, 0.717) is 39.2 Å². The van der Waals surface area contributed by atoms with Gasteiger partial charge in [0.1, 0.15) is 12.4 Å². The van der Waals surface area contributed by atoms with Gasteiger partial charge in [-0.3, -0.25) is 4.79 Å². The predicted octanol–water partition coefficient (Wildman–Crippen LogP) is 2.41. The van der Waals surface area contributed by atoms with E-state index in [-0.39, 0.29) is 17.9 Å². The number of para-hydroxylation sites is 1. The fraction of sp³-hybridized carbons (Fsp3) is 0.333. The number of ether oxygens (including phenoxy) is 1. The molecule has 2 aromatic carbocycles. The first kappa shape index (κ1) is 18.8. The van der Waals surface area contributed by atoms with E-state index in [1.807, 2.05) is 65.6 Å².